The van der Waals surface area contributed by atoms with E-state index in [-0.39, 0.29) is 11.9 Å². The number of aromatic nitrogens is 2. The summed E-state index contributed by atoms with van der Waals surface area (Å²) in [6, 6.07) is 0.258. The highest BCUT2D eigenvalue weighted by molar-refractivity contribution is 7.80. The summed E-state index contributed by atoms with van der Waals surface area (Å²) in [5.41, 5.74) is 7.03. The third-order valence-electron chi connectivity index (χ3n) is 3.60. The Morgan fingerprint density at radius 1 is 1.58 bits per heavy atom. The highest BCUT2D eigenvalue weighted by Gasteiger charge is 2.29. The second-order valence-electron chi connectivity index (χ2n) is 5.14. The van der Waals surface area contributed by atoms with E-state index in [4.69, 9.17) is 18.0 Å². The maximum Gasteiger partial charge on any atom is 0.257 e. The normalized spacial score (nSPS) is 15.7. The molecule has 0 spiro atoms. The number of thiocarbonyl (C=S) groups is 1. The quantitative estimate of drug-likeness (QED) is 0.847. The molecule has 0 atom stereocenters. The first-order valence-electron chi connectivity index (χ1n) is 6.58. The van der Waals surface area contributed by atoms with Crippen LogP contribution in [0.25, 0.3) is 0 Å². The molecule has 104 valence electrons. The first kappa shape index (κ1) is 14.0. The summed E-state index contributed by atoms with van der Waals surface area (Å²) in [6.45, 7) is 2.20. The minimum absolute atomic E-state index is 0.00898. The van der Waals surface area contributed by atoms with E-state index >= 15 is 0 Å². The van der Waals surface area contributed by atoms with Crippen LogP contribution in [0.1, 0.15) is 41.7 Å². The van der Waals surface area contributed by atoms with Gasteiger partial charge in [-0.2, -0.15) is 5.10 Å². The van der Waals surface area contributed by atoms with Crippen LogP contribution in [0, 0.1) is 6.92 Å². The largest absolute Gasteiger partial charge is 0.392 e. The van der Waals surface area contributed by atoms with Crippen LogP contribution in [-0.2, 0) is 7.05 Å². The van der Waals surface area contributed by atoms with Crippen molar-refractivity contribution in [3.05, 3.63) is 17.5 Å². The van der Waals surface area contributed by atoms with Crippen LogP contribution in [0.2, 0.25) is 0 Å². The average Bonchev–Trinajstić information content (AvgIpc) is 2.94. The second-order valence-corrected chi connectivity index (χ2v) is 5.66. The molecule has 1 aliphatic carbocycles. The number of rotatable bonds is 4. The van der Waals surface area contributed by atoms with Crippen molar-refractivity contribution in [2.24, 2.45) is 12.8 Å². The number of aryl methyl sites for hydroxylation is 2. The molecular formula is C13H20N4OS. The van der Waals surface area contributed by atoms with Gasteiger partial charge >= 0.3 is 0 Å². The van der Waals surface area contributed by atoms with Crippen molar-refractivity contribution in [2.75, 3.05) is 6.54 Å². The third-order valence-corrected chi connectivity index (χ3v) is 3.73. The van der Waals surface area contributed by atoms with Crippen molar-refractivity contribution in [2.45, 2.75) is 38.6 Å². The van der Waals surface area contributed by atoms with Crippen molar-refractivity contribution < 1.29 is 4.79 Å². The maximum atomic E-state index is 12.7. The van der Waals surface area contributed by atoms with E-state index in [0.29, 0.717) is 17.1 Å². The van der Waals surface area contributed by atoms with Gasteiger partial charge in [0.2, 0.25) is 0 Å². The van der Waals surface area contributed by atoms with Gasteiger partial charge in [0, 0.05) is 19.3 Å². The fourth-order valence-electron chi connectivity index (χ4n) is 2.71. The third kappa shape index (κ3) is 3.12. The standard InChI is InChI=1S/C13H20N4OS/c1-9-11(7-16(2)15-9)13(18)17(8-12(14)19)10-5-3-4-6-10/h7,10H,3-6,8H2,1-2H3,(H2,14,19). The van der Waals surface area contributed by atoms with E-state index in [1.807, 2.05) is 18.9 Å². The molecule has 1 aromatic rings. The summed E-state index contributed by atoms with van der Waals surface area (Å²) in [5.74, 6) is -0.00898. The summed E-state index contributed by atoms with van der Waals surface area (Å²) in [4.78, 5) is 14.8. The smallest absolute Gasteiger partial charge is 0.257 e. The van der Waals surface area contributed by atoms with Crippen LogP contribution in [0.15, 0.2) is 6.20 Å². The van der Waals surface area contributed by atoms with E-state index in [2.05, 4.69) is 5.10 Å². The molecular weight excluding hydrogens is 260 g/mol. The molecule has 0 saturated heterocycles. The molecule has 1 fully saturated rings. The van der Waals surface area contributed by atoms with Crippen LogP contribution >= 0.6 is 12.2 Å². The van der Waals surface area contributed by atoms with Gasteiger partial charge in [-0.05, 0) is 19.8 Å². The zero-order chi connectivity index (χ0) is 14.0. The van der Waals surface area contributed by atoms with Crippen molar-refractivity contribution in [3.8, 4) is 0 Å². The number of carbonyl (C=O) groups is 1. The van der Waals surface area contributed by atoms with Gasteiger partial charge in [0.05, 0.1) is 22.8 Å². The molecule has 1 aromatic heterocycles. The molecule has 0 aliphatic heterocycles. The van der Waals surface area contributed by atoms with Gasteiger partial charge < -0.3 is 10.6 Å². The summed E-state index contributed by atoms with van der Waals surface area (Å²) in [7, 11) is 1.82. The number of nitrogens with zero attached hydrogens (tertiary/aromatic N) is 3. The lowest BCUT2D eigenvalue weighted by Gasteiger charge is -2.28. The van der Waals surface area contributed by atoms with Gasteiger partial charge in [-0.1, -0.05) is 25.1 Å². The van der Waals surface area contributed by atoms with Crippen molar-refractivity contribution >= 4 is 23.1 Å². The Hall–Kier alpha value is -1.43. The van der Waals surface area contributed by atoms with Gasteiger partial charge in [0.25, 0.3) is 5.91 Å². The van der Waals surface area contributed by atoms with E-state index in [1.54, 1.807) is 10.9 Å². The average molecular weight is 280 g/mol. The topological polar surface area (TPSA) is 64.2 Å². The highest BCUT2D eigenvalue weighted by atomic mass is 32.1. The first-order chi connectivity index (χ1) is 8.99. The number of amides is 1. The molecule has 0 aromatic carbocycles. The SMILES string of the molecule is Cc1nn(C)cc1C(=O)N(CC(N)=S)C1CCCC1. The highest BCUT2D eigenvalue weighted by Crippen LogP contribution is 2.25. The lowest BCUT2D eigenvalue weighted by atomic mass is 10.1. The summed E-state index contributed by atoms with van der Waals surface area (Å²) in [5, 5.41) is 4.23. The second kappa shape index (κ2) is 5.69. The number of carbonyl (C=O) groups excluding carboxylic acids is 1. The number of hydrogen-bond acceptors (Lipinski definition) is 3. The maximum absolute atomic E-state index is 12.7. The molecule has 5 nitrogen and oxygen atoms in total. The van der Waals surface area contributed by atoms with Crippen LogP contribution in [0.4, 0.5) is 0 Å². The number of nitrogens with two attached hydrogens (primary N) is 1. The number of hydrogen-bond donors (Lipinski definition) is 1. The van der Waals surface area contributed by atoms with E-state index in [9.17, 15) is 4.79 Å². The van der Waals surface area contributed by atoms with Crippen molar-refractivity contribution in [3.63, 3.8) is 0 Å². The Balaban J connectivity index is 2.24. The van der Waals surface area contributed by atoms with Gasteiger partial charge in [0.1, 0.15) is 0 Å². The zero-order valence-corrected chi connectivity index (χ0v) is 12.2. The summed E-state index contributed by atoms with van der Waals surface area (Å²) < 4.78 is 1.66. The molecule has 0 radical (unpaired) electrons. The van der Waals surface area contributed by atoms with Crippen LogP contribution in [0.3, 0.4) is 0 Å². The summed E-state index contributed by atoms with van der Waals surface area (Å²) in [6.07, 6.45) is 6.16. The predicted molar refractivity (Wildman–Crippen MR) is 78.0 cm³/mol. The van der Waals surface area contributed by atoms with E-state index < -0.39 is 0 Å². The van der Waals surface area contributed by atoms with Gasteiger partial charge in [-0.3, -0.25) is 9.48 Å². The molecule has 1 saturated carbocycles. The molecule has 1 aliphatic rings. The molecule has 0 bridgehead atoms. The predicted octanol–water partition coefficient (Wildman–Crippen LogP) is 1.40. The Bertz CT molecular complexity index is 491. The van der Waals surface area contributed by atoms with E-state index in [0.717, 1.165) is 31.4 Å². The monoisotopic (exact) mass is 280 g/mol. The Kier molecular flexibility index (Phi) is 4.19. The molecule has 0 unspecified atom stereocenters. The minimum atomic E-state index is -0.00898. The Labute approximate surface area is 118 Å². The van der Waals surface area contributed by atoms with Crippen molar-refractivity contribution in [1.82, 2.24) is 14.7 Å². The van der Waals surface area contributed by atoms with Crippen molar-refractivity contribution in [1.29, 1.82) is 0 Å². The van der Waals surface area contributed by atoms with Gasteiger partial charge in [0.15, 0.2) is 0 Å². The Morgan fingerprint density at radius 3 is 2.68 bits per heavy atom. The fraction of sp³-hybridized carbons (Fsp3) is 0.615. The van der Waals surface area contributed by atoms with Crippen LogP contribution in [0.5, 0.6) is 0 Å². The molecule has 1 amide bonds. The lowest BCUT2D eigenvalue weighted by molar-refractivity contribution is 0.0714. The summed E-state index contributed by atoms with van der Waals surface area (Å²) >= 11 is 4.98. The van der Waals surface area contributed by atoms with Crippen LogP contribution < -0.4 is 5.73 Å². The Morgan fingerprint density at radius 2 is 2.21 bits per heavy atom. The molecule has 2 N–H and O–H groups in total. The van der Waals surface area contributed by atoms with E-state index in [1.165, 1.54) is 0 Å². The molecule has 1 heterocycles. The molecule has 2 rings (SSSR count). The van der Waals surface area contributed by atoms with Gasteiger partial charge in [-0.25, -0.2) is 0 Å². The molecule has 19 heavy (non-hydrogen) atoms. The lowest BCUT2D eigenvalue weighted by Crippen LogP contribution is -2.43. The minimum Gasteiger partial charge on any atom is -0.392 e. The van der Waals surface area contributed by atoms with Crippen LogP contribution in [-0.4, -0.2) is 38.2 Å². The zero-order valence-electron chi connectivity index (χ0n) is 11.4. The fourth-order valence-corrected chi connectivity index (χ4v) is 2.85. The molecule has 6 heteroatoms. The van der Waals surface area contributed by atoms with Gasteiger partial charge in [-0.15, -0.1) is 0 Å². The first-order valence-corrected chi connectivity index (χ1v) is 6.99.